The molecule has 0 heterocycles. The Morgan fingerprint density at radius 1 is 1.11 bits per heavy atom. The molecule has 0 aliphatic heterocycles. The molecule has 2 aromatic rings. The quantitative estimate of drug-likeness (QED) is 0.869. The highest BCUT2D eigenvalue weighted by Crippen LogP contribution is 2.26. The monoisotopic (exact) mass is 298 g/mol. The number of rotatable bonds is 3. The molecule has 0 fully saturated rings. The van der Waals surface area contributed by atoms with Crippen LogP contribution in [-0.2, 0) is 6.42 Å². The molecule has 0 bridgehead atoms. The highest BCUT2D eigenvalue weighted by molar-refractivity contribution is 6.42. The fourth-order valence-electron chi connectivity index (χ4n) is 1.82. The Bertz CT molecular complexity index is 599. The average molecular weight is 299 g/mol. The molecule has 100 valence electrons. The second-order valence-electron chi connectivity index (χ2n) is 4.48. The Morgan fingerprint density at radius 3 is 2.47 bits per heavy atom. The molecule has 1 nitrogen and oxygen atoms in total. The maximum Gasteiger partial charge on any atom is 0.126 e. The van der Waals surface area contributed by atoms with Crippen molar-refractivity contribution in [1.29, 1.82) is 0 Å². The summed E-state index contributed by atoms with van der Waals surface area (Å²) in [7, 11) is 0. The van der Waals surface area contributed by atoms with Gasteiger partial charge in [0.05, 0.1) is 16.1 Å². The fraction of sp³-hybridized carbons (Fsp3) is 0.200. The number of aliphatic hydroxyl groups excluding tert-OH is 1. The summed E-state index contributed by atoms with van der Waals surface area (Å²) < 4.78 is 13.4. The normalized spacial score (nSPS) is 12.5. The van der Waals surface area contributed by atoms with Crippen molar-refractivity contribution in [3.8, 4) is 0 Å². The lowest BCUT2D eigenvalue weighted by molar-refractivity contribution is 0.178. The van der Waals surface area contributed by atoms with E-state index in [0.29, 0.717) is 27.6 Å². The fourth-order valence-corrected chi connectivity index (χ4v) is 2.14. The van der Waals surface area contributed by atoms with Crippen LogP contribution in [-0.4, -0.2) is 5.11 Å². The Labute approximate surface area is 121 Å². The van der Waals surface area contributed by atoms with E-state index in [4.69, 9.17) is 23.2 Å². The Kier molecular flexibility index (Phi) is 4.46. The van der Waals surface area contributed by atoms with Gasteiger partial charge in [-0.05, 0) is 41.8 Å². The van der Waals surface area contributed by atoms with Crippen molar-refractivity contribution in [2.45, 2.75) is 19.4 Å². The van der Waals surface area contributed by atoms with E-state index in [0.717, 1.165) is 5.56 Å². The Balaban J connectivity index is 2.17. The van der Waals surface area contributed by atoms with Crippen molar-refractivity contribution in [1.82, 2.24) is 0 Å². The van der Waals surface area contributed by atoms with E-state index in [9.17, 15) is 9.50 Å². The number of aliphatic hydroxyl groups is 1. The molecular weight excluding hydrogens is 286 g/mol. The number of hydrogen-bond donors (Lipinski definition) is 1. The van der Waals surface area contributed by atoms with Gasteiger partial charge in [0.1, 0.15) is 5.82 Å². The van der Waals surface area contributed by atoms with Gasteiger partial charge in [0.15, 0.2) is 0 Å². The molecule has 4 heteroatoms. The zero-order valence-electron chi connectivity index (χ0n) is 10.3. The Morgan fingerprint density at radius 2 is 1.84 bits per heavy atom. The summed E-state index contributed by atoms with van der Waals surface area (Å²) in [6.07, 6.45) is -0.410. The number of halogens is 3. The average Bonchev–Trinajstić information content (AvgIpc) is 2.37. The summed E-state index contributed by atoms with van der Waals surface area (Å²) in [6, 6.07) is 9.92. The summed E-state index contributed by atoms with van der Waals surface area (Å²) in [5, 5.41) is 11.0. The molecule has 0 saturated carbocycles. The van der Waals surface area contributed by atoms with Crippen LogP contribution < -0.4 is 0 Å². The van der Waals surface area contributed by atoms with Crippen molar-refractivity contribution >= 4 is 23.2 Å². The molecule has 0 spiro atoms. The van der Waals surface area contributed by atoms with Crippen LogP contribution in [0.15, 0.2) is 36.4 Å². The molecule has 0 radical (unpaired) electrons. The van der Waals surface area contributed by atoms with Gasteiger partial charge in [0.25, 0.3) is 0 Å². The predicted octanol–water partition coefficient (Wildman–Crippen LogP) is 4.72. The topological polar surface area (TPSA) is 20.2 Å². The van der Waals surface area contributed by atoms with E-state index < -0.39 is 6.10 Å². The molecule has 0 aromatic heterocycles. The van der Waals surface area contributed by atoms with Crippen molar-refractivity contribution in [2.24, 2.45) is 0 Å². The second kappa shape index (κ2) is 5.91. The summed E-state index contributed by atoms with van der Waals surface area (Å²) in [6.45, 7) is 1.68. The van der Waals surface area contributed by atoms with Gasteiger partial charge in [-0.2, -0.15) is 0 Å². The third-order valence-electron chi connectivity index (χ3n) is 2.99. The lowest BCUT2D eigenvalue weighted by Gasteiger charge is -2.12. The van der Waals surface area contributed by atoms with Gasteiger partial charge >= 0.3 is 0 Å². The van der Waals surface area contributed by atoms with Gasteiger partial charge in [0, 0.05) is 6.42 Å². The zero-order chi connectivity index (χ0) is 14.0. The first-order chi connectivity index (χ1) is 8.97. The van der Waals surface area contributed by atoms with E-state index in [1.54, 1.807) is 37.3 Å². The first-order valence-corrected chi connectivity index (χ1v) is 6.61. The molecule has 0 saturated heterocycles. The van der Waals surface area contributed by atoms with Crippen LogP contribution >= 0.6 is 23.2 Å². The number of benzene rings is 2. The summed E-state index contributed by atoms with van der Waals surface area (Å²) >= 11 is 11.7. The molecule has 0 aliphatic rings. The SMILES string of the molecule is Cc1ccc(C(O)Cc2ccc(Cl)c(Cl)c2)cc1F. The van der Waals surface area contributed by atoms with Gasteiger partial charge < -0.3 is 5.11 Å². The van der Waals surface area contributed by atoms with Crippen molar-refractivity contribution < 1.29 is 9.50 Å². The van der Waals surface area contributed by atoms with Crippen LogP contribution in [0.2, 0.25) is 10.0 Å². The van der Waals surface area contributed by atoms with Gasteiger partial charge in [-0.15, -0.1) is 0 Å². The highest BCUT2D eigenvalue weighted by Gasteiger charge is 2.11. The van der Waals surface area contributed by atoms with Crippen LogP contribution in [0.1, 0.15) is 22.8 Å². The minimum Gasteiger partial charge on any atom is -0.388 e. The molecule has 1 N–H and O–H groups in total. The highest BCUT2D eigenvalue weighted by atomic mass is 35.5. The predicted molar refractivity (Wildman–Crippen MR) is 76.3 cm³/mol. The molecule has 19 heavy (non-hydrogen) atoms. The van der Waals surface area contributed by atoms with E-state index in [-0.39, 0.29) is 5.82 Å². The maximum atomic E-state index is 13.4. The zero-order valence-corrected chi connectivity index (χ0v) is 11.8. The van der Waals surface area contributed by atoms with Gasteiger partial charge in [-0.1, -0.05) is 41.4 Å². The molecule has 0 amide bonds. The van der Waals surface area contributed by atoms with Crippen molar-refractivity contribution in [2.75, 3.05) is 0 Å². The molecule has 1 unspecified atom stereocenters. The van der Waals surface area contributed by atoms with Crippen molar-refractivity contribution in [3.05, 3.63) is 69.0 Å². The summed E-state index contributed by atoms with van der Waals surface area (Å²) in [4.78, 5) is 0. The van der Waals surface area contributed by atoms with Gasteiger partial charge in [-0.3, -0.25) is 0 Å². The van der Waals surface area contributed by atoms with E-state index in [2.05, 4.69) is 0 Å². The van der Waals surface area contributed by atoms with Crippen LogP contribution in [0, 0.1) is 12.7 Å². The van der Waals surface area contributed by atoms with Crippen LogP contribution in [0.25, 0.3) is 0 Å². The smallest absolute Gasteiger partial charge is 0.126 e. The van der Waals surface area contributed by atoms with E-state index in [1.807, 2.05) is 0 Å². The lowest BCUT2D eigenvalue weighted by Crippen LogP contribution is -2.02. The standard InChI is InChI=1S/C15H13Cl2FO/c1-9-2-4-11(8-14(9)18)15(19)7-10-3-5-12(16)13(17)6-10/h2-6,8,15,19H,7H2,1H3. The third-order valence-corrected chi connectivity index (χ3v) is 3.73. The number of aryl methyl sites for hydroxylation is 1. The summed E-state index contributed by atoms with van der Waals surface area (Å²) in [5.74, 6) is -0.314. The second-order valence-corrected chi connectivity index (χ2v) is 5.29. The van der Waals surface area contributed by atoms with Crippen LogP contribution in [0.3, 0.4) is 0 Å². The third kappa shape index (κ3) is 3.47. The van der Waals surface area contributed by atoms with Gasteiger partial charge in [0.2, 0.25) is 0 Å². The Hall–Kier alpha value is -1.09. The largest absolute Gasteiger partial charge is 0.388 e. The maximum absolute atomic E-state index is 13.4. The number of hydrogen-bond acceptors (Lipinski definition) is 1. The minimum atomic E-state index is -0.771. The molecule has 0 aliphatic carbocycles. The molecular formula is C15H13Cl2FO. The van der Waals surface area contributed by atoms with Crippen LogP contribution in [0.5, 0.6) is 0 Å². The molecule has 2 aromatic carbocycles. The first-order valence-electron chi connectivity index (χ1n) is 5.85. The minimum absolute atomic E-state index is 0.314. The first kappa shape index (κ1) is 14.3. The molecule has 1 atom stereocenters. The van der Waals surface area contributed by atoms with E-state index in [1.165, 1.54) is 6.07 Å². The van der Waals surface area contributed by atoms with Crippen molar-refractivity contribution in [3.63, 3.8) is 0 Å². The van der Waals surface area contributed by atoms with Gasteiger partial charge in [-0.25, -0.2) is 4.39 Å². The lowest BCUT2D eigenvalue weighted by atomic mass is 10.0. The van der Waals surface area contributed by atoms with E-state index >= 15 is 0 Å². The van der Waals surface area contributed by atoms with Crippen LogP contribution in [0.4, 0.5) is 4.39 Å². The molecule has 2 rings (SSSR count). The summed E-state index contributed by atoms with van der Waals surface area (Å²) in [5.41, 5.74) is 1.96.